The van der Waals surface area contributed by atoms with Crippen molar-refractivity contribution in [1.82, 2.24) is 10.9 Å². The Hall–Kier alpha value is -2.34. The molecular weight excluding hydrogens is 474 g/mol. The van der Waals surface area contributed by atoms with E-state index in [0.717, 1.165) is 0 Å². The first kappa shape index (κ1) is 25.3. The summed E-state index contributed by atoms with van der Waals surface area (Å²) in [6, 6.07) is 44.4. The molecule has 0 bridgehead atoms. The molecule has 1 aliphatic rings. The molecule has 184 valence electrons. The molecule has 0 amide bonds. The van der Waals surface area contributed by atoms with E-state index in [-0.39, 0.29) is 15.8 Å². The van der Waals surface area contributed by atoms with Gasteiger partial charge < -0.3 is 0 Å². The quantitative estimate of drug-likeness (QED) is 0.220. The van der Waals surface area contributed by atoms with Crippen LogP contribution in [0.5, 0.6) is 0 Å². The van der Waals surface area contributed by atoms with E-state index in [4.69, 9.17) is 0 Å². The van der Waals surface area contributed by atoms with E-state index >= 15 is 0 Å². The van der Waals surface area contributed by atoms with E-state index in [9.17, 15) is 0 Å². The Kier molecular flexibility index (Phi) is 8.63. The van der Waals surface area contributed by atoms with Crippen molar-refractivity contribution < 1.29 is 0 Å². The number of hydrogen-bond donors (Lipinski definition) is 2. The van der Waals surface area contributed by atoms with Crippen LogP contribution in [0.4, 0.5) is 0 Å². The molecular formula is C32H36N2P2. The van der Waals surface area contributed by atoms with Crippen LogP contribution in [-0.2, 0) is 0 Å². The summed E-state index contributed by atoms with van der Waals surface area (Å²) < 4.78 is 0. The van der Waals surface area contributed by atoms with Crippen LogP contribution in [0.15, 0.2) is 121 Å². The lowest BCUT2D eigenvalue weighted by molar-refractivity contribution is 0.555. The van der Waals surface area contributed by atoms with Gasteiger partial charge in [-0.25, -0.2) is 10.9 Å². The summed E-state index contributed by atoms with van der Waals surface area (Å²) in [6.07, 6.45) is 2.51. The van der Waals surface area contributed by atoms with Crippen LogP contribution in [0.2, 0.25) is 0 Å². The summed E-state index contributed by atoms with van der Waals surface area (Å²) in [4.78, 5) is 0. The zero-order valence-corrected chi connectivity index (χ0v) is 23.0. The molecule has 4 heteroatoms. The maximum absolute atomic E-state index is 3.70. The molecule has 0 aliphatic carbocycles. The van der Waals surface area contributed by atoms with Crippen molar-refractivity contribution in [1.29, 1.82) is 0 Å². The van der Waals surface area contributed by atoms with E-state index in [2.05, 4.69) is 146 Å². The minimum absolute atomic E-state index is 0.267. The molecule has 36 heavy (non-hydrogen) atoms. The lowest BCUT2D eigenvalue weighted by Gasteiger charge is -2.34. The predicted molar refractivity (Wildman–Crippen MR) is 158 cm³/mol. The molecule has 0 spiro atoms. The van der Waals surface area contributed by atoms with Crippen molar-refractivity contribution in [2.75, 3.05) is 12.3 Å². The van der Waals surface area contributed by atoms with Crippen LogP contribution in [0.1, 0.15) is 59.0 Å². The highest BCUT2D eigenvalue weighted by atomic mass is 31.1. The van der Waals surface area contributed by atoms with Crippen LogP contribution < -0.4 is 10.9 Å². The number of rotatable bonds is 9. The van der Waals surface area contributed by atoms with Crippen molar-refractivity contribution >= 4 is 15.8 Å². The van der Waals surface area contributed by atoms with E-state index in [0.29, 0.717) is 22.9 Å². The molecule has 5 atom stereocenters. The third-order valence-corrected chi connectivity index (χ3v) is 14.0. The first-order valence-electron chi connectivity index (χ1n) is 12.9. The third kappa shape index (κ3) is 5.80. The second-order valence-electron chi connectivity index (χ2n) is 9.56. The summed E-state index contributed by atoms with van der Waals surface area (Å²) in [5.41, 5.74) is 14.3. The van der Waals surface area contributed by atoms with Crippen LogP contribution in [0.25, 0.3) is 0 Å². The average molecular weight is 511 g/mol. The van der Waals surface area contributed by atoms with Gasteiger partial charge in [0.25, 0.3) is 0 Å². The fraction of sp³-hybridized carbons (Fsp3) is 0.250. The molecule has 5 rings (SSSR count). The van der Waals surface area contributed by atoms with Crippen molar-refractivity contribution in [3.05, 3.63) is 144 Å². The van der Waals surface area contributed by atoms with Crippen LogP contribution >= 0.6 is 15.8 Å². The van der Waals surface area contributed by atoms with Gasteiger partial charge in [-0.3, -0.25) is 0 Å². The van der Waals surface area contributed by atoms with E-state index in [1.165, 1.54) is 34.6 Å². The molecule has 1 saturated heterocycles. The van der Waals surface area contributed by atoms with Crippen molar-refractivity contribution in [3.8, 4) is 0 Å². The highest BCUT2D eigenvalue weighted by molar-refractivity contribution is 7.62. The molecule has 0 radical (unpaired) electrons. The summed E-state index contributed by atoms with van der Waals surface area (Å²) >= 11 is 0. The Balaban J connectivity index is 1.44. The molecule has 0 aromatic heterocycles. The number of benzene rings is 4. The van der Waals surface area contributed by atoms with Gasteiger partial charge in [-0.1, -0.05) is 151 Å². The van der Waals surface area contributed by atoms with Gasteiger partial charge in [-0.2, -0.15) is 0 Å². The van der Waals surface area contributed by atoms with Gasteiger partial charge in [0.05, 0.1) is 11.6 Å². The van der Waals surface area contributed by atoms with Crippen LogP contribution in [0.3, 0.4) is 0 Å². The van der Waals surface area contributed by atoms with Gasteiger partial charge in [0, 0.05) is 11.3 Å². The number of nitrogens with one attached hydrogen (secondary N) is 2. The first-order chi connectivity index (χ1) is 17.7. The Labute approximate surface area is 219 Å². The van der Waals surface area contributed by atoms with Gasteiger partial charge in [0.2, 0.25) is 0 Å². The van der Waals surface area contributed by atoms with Crippen molar-refractivity contribution in [2.45, 2.75) is 36.7 Å². The average Bonchev–Trinajstić information content (AvgIpc) is 3.38. The highest BCUT2D eigenvalue weighted by Gasteiger charge is 2.38. The predicted octanol–water partition coefficient (Wildman–Crippen LogP) is 8.98. The maximum Gasteiger partial charge on any atom is 0.0676 e. The number of hydrazine groups is 1. The molecule has 0 saturated carbocycles. The molecule has 2 nitrogen and oxygen atoms in total. The number of hydrogen-bond acceptors (Lipinski definition) is 2. The van der Waals surface area contributed by atoms with E-state index in [1.807, 2.05) is 0 Å². The summed E-state index contributed by atoms with van der Waals surface area (Å²) in [7, 11) is -0.617. The van der Waals surface area contributed by atoms with E-state index < -0.39 is 0 Å². The smallest absolute Gasteiger partial charge is 0.0676 e. The zero-order chi connectivity index (χ0) is 24.7. The lowest BCUT2D eigenvalue weighted by atomic mass is 10.2. The summed E-state index contributed by atoms with van der Waals surface area (Å²) in [5, 5.41) is 0. The van der Waals surface area contributed by atoms with Gasteiger partial charge in [0.1, 0.15) is 0 Å². The Morgan fingerprint density at radius 3 is 1.33 bits per heavy atom. The Bertz CT molecular complexity index is 1090. The fourth-order valence-corrected chi connectivity index (χ4v) is 12.2. The Morgan fingerprint density at radius 2 is 0.944 bits per heavy atom. The van der Waals surface area contributed by atoms with Gasteiger partial charge in [0.15, 0.2) is 0 Å². The summed E-state index contributed by atoms with van der Waals surface area (Å²) in [6.45, 7) is 4.92. The van der Waals surface area contributed by atoms with Crippen LogP contribution in [-0.4, -0.2) is 12.3 Å². The minimum atomic E-state index is -0.350. The van der Waals surface area contributed by atoms with Crippen molar-refractivity contribution in [3.63, 3.8) is 0 Å². The molecule has 2 N–H and O–H groups in total. The fourth-order valence-electron chi connectivity index (χ4n) is 5.35. The van der Waals surface area contributed by atoms with Crippen LogP contribution in [0, 0.1) is 0 Å². The monoisotopic (exact) mass is 510 g/mol. The zero-order valence-electron chi connectivity index (χ0n) is 21.2. The normalized spacial score (nSPS) is 20.6. The molecule has 1 fully saturated rings. The van der Waals surface area contributed by atoms with E-state index in [1.54, 1.807) is 0 Å². The van der Waals surface area contributed by atoms with Crippen molar-refractivity contribution in [2.24, 2.45) is 0 Å². The minimum Gasteiger partial charge on any atom is -0.245 e. The standard InChI is InChI=1S/C32H36N2P2/c1-25(27-15-7-3-8-16-27)35(26(2)28-17-9-4-10-18-28)23-24-36-31(29-19-11-5-12-20-29)33-34-32(36)30-21-13-6-14-22-30/h3-22,25-26,31-34H,23-24H2,1-2H3/t25-,26+,31-,32-,35?/m0/s1. The lowest BCUT2D eigenvalue weighted by Crippen LogP contribution is -2.26. The highest BCUT2D eigenvalue weighted by Crippen LogP contribution is 2.67. The largest absolute Gasteiger partial charge is 0.245 e. The van der Waals surface area contributed by atoms with Gasteiger partial charge in [-0.15, -0.1) is 0 Å². The SMILES string of the molecule is C[C@H](c1ccccc1)P(CCP1[C@@H](c2ccccc2)NN[C@@H]1c1ccccc1)[C@@H](C)c1ccccc1. The summed E-state index contributed by atoms with van der Waals surface area (Å²) in [5.74, 6) is 0.727. The second-order valence-corrected chi connectivity index (χ2v) is 15.1. The first-order valence-corrected chi connectivity index (χ1v) is 16.3. The van der Waals surface area contributed by atoms with Gasteiger partial charge >= 0.3 is 0 Å². The molecule has 4 aromatic carbocycles. The topological polar surface area (TPSA) is 24.1 Å². The van der Waals surface area contributed by atoms with Gasteiger partial charge in [-0.05, 0) is 34.6 Å². The maximum atomic E-state index is 3.70. The molecule has 1 aliphatic heterocycles. The Morgan fingerprint density at radius 1 is 0.583 bits per heavy atom. The second kappa shape index (κ2) is 12.3. The molecule has 1 heterocycles. The third-order valence-electron chi connectivity index (χ3n) is 7.43. The molecule has 1 unspecified atom stereocenters. The molecule has 4 aromatic rings.